The van der Waals surface area contributed by atoms with Crippen LogP contribution < -0.4 is 5.32 Å². The third-order valence-corrected chi connectivity index (χ3v) is 4.34. The van der Waals surface area contributed by atoms with Gasteiger partial charge < -0.3 is 5.32 Å². The summed E-state index contributed by atoms with van der Waals surface area (Å²) in [6.07, 6.45) is -0.639. The van der Waals surface area contributed by atoms with Crippen molar-refractivity contribution >= 4 is 21.6 Å². The molecule has 1 aromatic carbocycles. The predicted molar refractivity (Wildman–Crippen MR) is 74.1 cm³/mol. The zero-order valence-electron chi connectivity index (χ0n) is 10.7. The number of anilines is 1. The van der Waals surface area contributed by atoms with Gasteiger partial charge in [-0.1, -0.05) is 13.3 Å². The van der Waals surface area contributed by atoms with Gasteiger partial charge in [-0.05, 0) is 58.8 Å². The molecule has 0 aliphatic heterocycles. The second kappa shape index (κ2) is 5.73. The highest BCUT2D eigenvalue weighted by Crippen LogP contribution is 2.35. The molecule has 1 saturated carbocycles. The average molecular weight is 336 g/mol. The van der Waals surface area contributed by atoms with E-state index in [0.29, 0.717) is 10.4 Å². The van der Waals surface area contributed by atoms with E-state index in [-0.39, 0.29) is 0 Å². The van der Waals surface area contributed by atoms with Crippen molar-refractivity contribution in [2.24, 2.45) is 11.8 Å². The fraction of sp³-hybridized carbons (Fsp3) is 0.571. The number of benzene rings is 1. The third kappa shape index (κ3) is 3.88. The molecular formula is C14H17BrF3N. The van der Waals surface area contributed by atoms with Crippen molar-refractivity contribution in [1.82, 2.24) is 0 Å². The molecule has 5 heteroatoms. The van der Waals surface area contributed by atoms with Crippen LogP contribution in [0, 0.1) is 11.8 Å². The first-order valence-electron chi connectivity index (χ1n) is 6.47. The van der Waals surface area contributed by atoms with Crippen molar-refractivity contribution in [3.05, 3.63) is 28.2 Å². The van der Waals surface area contributed by atoms with Crippen LogP contribution in [0.4, 0.5) is 18.9 Å². The van der Waals surface area contributed by atoms with Crippen LogP contribution in [0.15, 0.2) is 22.7 Å². The maximum atomic E-state index is 12.5. The monoisotopic (exact) mass is 335 g/mol. The molecule has 2 atom stereocenters. The van der Waals surface area contributed by atoms with Crippen LogP contribution >= 0.6 is 15.9 Å². The van der Waals surface area contributed by atoms with Crippen molar-refractivity contribution in [2.75, 3.05) is 11.9 Å². The van der Waals surface area contributed by atoms with Gasteiger partial charge in [0, 0.05) is 16.7 Å². The molecule has 0 aromatic heterocycles. The first-order chi connectivity index (χ1) is 8.86. The van der Waals surface area contributed by atoms with Gasteiger partial charge in [-0.25, -0.2) is 0 Å². The lowest BCUT2D eigenvalue weighted by Gasteiger charge is -2.15. The van der Waals surface area contributed by atoms with Crippen molar-refractivity contribution in [3.63, 3.8) is 0 Å². The number of halogens is 4. The predicted octanol–water partition coefficient (Wildman–Crippen LogP) is 5.32. The first kappa shape index (κ1) is 14.7. The summed E-state index contributed by atoms with van der Waals surface area (Å²) >= 11 is 3.20. The molecule has 1 aliphatic carbocycles. The Kier molecular flexibility index (Phi) is 4.43. The van der Waals surface area contributed by atoms with Crippen LogP contribution in [-0.4, -0.2) is 6.54 Å². The summed E-state index contributed by atoms with van der Waals surface area (Å²) in [7, 11) is 0. The molecule has 2 rings (SSSR count). The Balaban J connectivity index is 1.98. The summed E-state index contributed by atoms with van der Waals surface area (Å²) in [5.74, 6) is 1.40. The lowest BCUT2D eigenvalue weighted by atomic mass is 10.1. The van der Waals surface area contributed by atoms with Gasteiger partial charge in [-0.2, -0.15) is 13.2 Å². The lowest BCUT2D eigenvalue weighted by molar-refractivity contribution is -0.137. The quantitative estimate of drug-likeness (QED) is 0.788. The molecule has 0 spiro atoms. The molecule has 1 nitrogen and oxygen atoms in total. The molecule has 106 valence electrons. The molecule has 1 fully saturated rings. The molecule has 1 aliphatic rings. The molecule has 0 bridgehead atoms. The van der Waals surface area contributed by atoms with Crippen LogP contribution in [0.5, 0.6) is 0 Å². The van der Waals surface area contributed by atoms with Crippen molar-refractivity contribution < 1.29 is 13.2 Å². The summed E-state index contributed by atoms with van der Waals surface area (Å²) in [4.78, 5) is 0. The van der Waals surface area contributed by atoms with Gasteiger partial charge in [0.2, 0.25) is 0 Å². The number of hydrogen-bond acceptors (Lipinski definition) is 1. The van der Waals surface area contributed by atoms with Crippen molar-refractivity contribution in [3.8, 4) is 0 Å². The normalized spacial score (nSPS) is 23.6. The van der Waals surface area contributed by atoms with E-state index in [1.165, 1.54) is 25.3 Å². The highest BCUT2D eigenvalue weighted by Gasteiger charge is 2.30. The highest BCUT2D eigenvalue weighted by atomic mass is 79.9. The maximum Gasteiger partial charge on any atom is 0.416 e. The van der Waals surface area contributed by atoms with Crippen molar-refractivity contribution in [2.45, 2.75) is 32.4 Å². The smallest absolute Gasteiger partial charge is 0.384 e. The van der Waals surface area contributed by atoms with Crippen molar-refractivity contribution in [1.29, 1.82) is 0 Å². The van der Waals surface area contributed by atoms with Gasteiger partial charge >= 0.3 is 6.18 Å². The SMILES string of the molecule is CC1CCC(CNc2ccc(C(F)(F)F)cc2Br)C1. The van der Waals surface area contributed by atoms with Crippen LogP contribution in [0.25, 0.3) is 0 Å². The fourth-order valence-corrected chi connectivity index (χ4v) is 3.12. The third-order valence-electron chi connectivity index (χ3n) is 3.68. The Morgan fingerprint density at radius 1 is 1.32 bits per heavy atom. The highest BCUT2D eigenvalue weighted by molar-refractivity contribution is 9.10. The van der Waals surface area contributed by atoms with Gasteiger partial charge in [0.15, 0.2) is 0 Å². The Hall–Kier alpha value is -0.710. The number of nitrogens with one attached hydrogen (secondary N) is 1. The molecule has 0 saturated heterocycles. The van der Waals surface area contributed by atoms with E-state index in [1.54, 1.807) is 0 Å². The van der Waals surface area contributed by atoms with Gasteiger partial charge in [0.05, 0.1) is 5.56 Å². The van der Waals surface area contributed by atoms with Gasteiger partial charge in [-0.3, -0.25) is 0 Å². The molecule has 1 aromatic rings. The van der Waals surface area contributed by atoms with E-state index < -0.39 is 11.7 Å². The first-order valence-corrected chi connectivity index (χ1v) is 7.26. The summed E-state index contributed by atoms with van der Waals surface area (Å²) in [6.45, 7) is 3.07. The number of hydrogen-bond donors (Lipinski definition) is 1. The van der Waals surface area contributed by atoms with Crippen LogP contribution in [0.2, 0.25) is 0 Å². The fourth-order valence-electron chi connectivity index (χ4n) is 2.60. The average Bonchev–Trinajstić information content (AvgIpc) is 2.72. The minimum absolute atomic E-state index is 0.466. The minimum atomic E-state index is -4.29. The molecule has 0 heterocycles. The Morgan fingerprint density at radius 3 is 2.58 bits per heavy atom. The summed E-state index contributed by atoms with van der Waals surface area (Å²) in [5.41, 5.74) is 0.104. The Bertz CT molecular complexity index is 445. The summed E-state index contributed by atoms with van der Waals surface area (Å²) < 4.78 is 38.1. The maximum absolute atomic E-state index is 12.5. The van der Waals surface area contributed by atoms with Gasteiger partial charge in [-0.15, -0.1) is 0 Å². The van der Waals surface area contributed by atoms with E-state index in [9.17, 15) is 13.2 Å². The largest absolute Gasteiger partial charge is 0.416 e. The van der Waals surface area contributed by atoms with Gasteiger partial charge in [0.1, 0.15) is 0 Å². The standard InChI is InChI=1S/C14H17BrF3N/c1-9-2-3-10(6-9)8-19-13-5-4-11(7-12(13)15)14(16,17)18/h4-5,7,9-10,19H,2-3,6,8H2,1H3. The molecule has 2 unspecified atom stereocenters. The minimum Gasteiger partial charge on any atom is -0.384 e. The summed E-state index contributed by atoms with van der Waals surface area (Å²) in [6, 6.07) is 3.73. The van der Waals surface area contributed by atoms with Crippen LogP contribution in [-0.2, 0) is 6.18 Å². The lowest BCUT2D eigenvalue weighted by Crippen LogP contribution is -2.12. The van der Waals surface area contributed by atoms with E-state index in [0.717, 1.165) is 30.3 Å². The molecular weight excluding hydrogens is 319 g/mol. The molecule has 0 radical (unpaired) electrons. The zero-order chi connectivity index (χ0) is 14.0. The Morgan fingerprint density at radius 2 is 2.05 bits per heavy atom. The molecule has 0 amide bonds. The Labute approximate surface area is 119 Å². The number of rotatable bonds is 3. The molecule has 1 N–H and O–H groups in total. The van der Waals surface area contributed by atoms with Crippen LogP contribution in [0.3, 0.4) is 0 Å². The van der Waals surface area contributed by atoms with E-state index in [4.69, 9.17) is 0 Å². The second-order valence-corrected chi connectivity index (χ2v) is 6.21. The topological polar surface area (TPSA) is 12.0 Å². The number of alkyl halides is 3. The molecule has 19 heavy (non-hydrogen) atoms. The van der Waals surface area contributed by atoms with Crippen LogP contribution in [0.1, 0.15) is 31.7 Å². The second-order valence-electron chi connectivity index (χ2n) is 5.36. The van der Waals surface area contributed by atoms with E-state index in [1.807, 2.05) is 0 Å². The summed E-state index contributed by atoms with van der Waals surface area (Å²) in [5, 5.41) is 3.24. The van der Waals surface area contributed by atoms with Gasteiger partial charge in [0.25, 0.3) is 0 Å². The van der Waals surface area contributed by atoms with E-state index in [2.05, 4.69) is 28.2 Å². The zero-order valence-corrected chi connectivity index (χ0v) is 12.3. The van der Waals surface area contributed by atoms with E-state index >= 15 is 0 Å².